The smallest absolute Gasteiger partial charge is 0.339 e. The van der Waals surface area contributed by atoms with E-state index >= 15 is 0 Å². The van der Waals surface area contributed by atoms with E-state index in [1.807, 2.05) is 4.72 Å². The third kappa shape index (κ3) is 3.19. The Morgan fingerprint density at radius 1 is 1.43 bits per heavy atom. The Labute approximate surface area is 119 Å². The van der Waals surface area contributed by atoms with Crippen LogP contribution in [0.2, 0.25) is 0 Å². The quantitative estimate of drug-likeness (QED) is 0.863. The number of methoxy groups -OCH3 is 1. The molecule has 1 heterocycles. The van der Waals surface area contributed by atoms with E-state index in [1.165, 1.54) is 6.26 Å². The van der Waals surface area contributed by atoms with Crippen LogP contribution in [0.4, 0.5) is 10.4 Å². The lowest BCUT2D eigenvalue weighted by molar-refractivity contribution is 0.0596. The Balaban J connectivity index is 2.48. The molecule has 21 heavy (non-hydrogen) atoms. The van der Waals surface area contributed by atoms with Gasteiger partial charge in [-0.25, -0.2) is 22.3 Å². The highest BCUT2D eigenvalue weighted by Gasteiger charge is 2.25. The van der Waals surface area contributed by atoms with Crippen LogP contribution >= 0.6 is 0 Å². The molecule has 1 aromatic carbocycles. The average Bonchev–Trinajstić information content (AvgIpc) is 2.82. The lowest BCUT2D eigenvalue weighted by Crippen LogP contribution is -2.18. The van der Waals surface area contributed by atoms with Crippen LogP contribution in [0.15, 0.2) is 33.8 Å². The van der Waals surface area contributed by atoms with Crippen molar-refractivity contribution < 1.29 is 26.8 Å². The molecule has 0 saturated heterocycles. The zero-order chi connectivity index (χ0) is 15.6. The predicted molar refractivity (Wildman–Crippen MR) is 69.8 cm³/mol. The van der Waals surface area contributed by atoms with Gasteiger partial charge in [0.15, 0.2) is 0 Å². The molecule has 0 aliphatic rings. The highest BCUT2D eigenvalue weighted by atomic mass is 32.2. The van der Waals surface area contributed by atoms with Gasteiger partial charge in [0.05, 0.1) is 18.4 Å². The van der Waals surface area contributed by atoms with Crippen molar-refractivity contribution in [2.45, 2.75) is 11.8 Å². The minimum absolute atomic E-state index is 0.285. The van der Waals surface area contributed by atoms with Gasteiger partial charge in [0.1, 0.15) is 17.0 Å². The summed E-state index contributed by atoms with van der Waals surface area (Å²) in [5, 5.41) is 0. The van der Waals surface area contributed by atoms with E-state index in [0.29, 0.717) is 11.8 Å². The minimum atomic E-state index is -4.26. The summed E-state index contributed by atoms with van der Waals surface area (Å²) in [5.41, 5.74) is 0.162. The summed E-state index contributed by atoms with van der Waals surface area (Å²) in [7, 11) is -3.17. The molecule has 1 aromatic heterocycles. The number of anilines is 1. The number of carbonyl (C=O) groups excluding carboxylic acids is 1. The number of oxazole rings is 1. The third-order valence-corrected chi connectivity index (χ3v) is 3.84. The van der Waals surface area contributed by atoms with E-state index in [-0.39, 0.29) is 11.6 Å². The predicted octanol–water partition coefficient (Wildman–Crippen LogP) is 1.71. The van der Waals surface area contributed by atoms with Gasteiger partial charge < -0.3 is 9.15 Å². The molecule has 0 atom stereocenters. The number of rotatable bonds is 4. The molecule has 7 nitrogen and oxygen atoms in total. The molecule has 0 amide bonds. The standard InChI is InChI=1S/C12H11FN2O5S/c1-7-6-20-12(14-7)15-21(17,18)10-5-8(13)3-4-9(10)11(16)19-2/h3-6H,1-2H3,(H,14,15). The van der Waals surface area contributed by atoms with E-state index in [2.05, 4.69) is 9.72 Å². The van der Waals surface area contributed by atoms with Crippen molar-refractivity contribution in [2.24, 2.45) is 0 Å². The molecule has 0 fully saturated rings. The van der Waals surface area contributed by atoms with E-state index in [1.54, 1.807) is 6.92 Å². The van der Waals surface area contributed by atoms with Crippen molar-refractivity contribution in [1.29, 1.82) is 0 Å². The van der Waals surface area contributed by atoms with Gasteiger partial charge in [0.25, 0.3) is 10.0 Å². The largest absolute Gasteiger partial charge is 0.465 e. The fourth-order valence-electron chi connectivity index (χ4n) is 1.57. The number of ether oxygens (including phenoxy) is 1. The number of nitrogens with one attached hydrogen (secondary N) is 1. The first-order valence-corrected chi connectivity index (χ1v) is 7.14. The van der Waals surface area contributed by atoms with Crippen LogP contribution in [-0.2, 0) is 14.8 Å². The normalized spacial score (nSPS) is 11.2. The van der Waals surface area contributed by atoms with Gasteiger partial charge in [-0.1, -0.05) is 0 Å². The number of halogens is 1. The molecular weight excluding hydrogens is 303 g/mol. The van der Waals surface area contributed by atoms with Gasteiger partial charge >= 0.3 is 12.0 Å². The van der Waals surface area contributed by atoms with Crippen LogP contribution in [-0.4, -0.2) is 26.5 Å². The summed E-state index contributed by atoms with van der Waals surface area (Å²) < 4.78 is 49.1. The number of nitrogens with zero attached hydrogens (tertiary/aromatic N) is 1. The summed E-state index contributed by atoms with van der Waals surface area (Å²) in [6, 6.07) is 2.41. The number of aryl methyl sites for hydroxylation is 1. The van der Waals surface area contributed by atoms with Crippen molar-refractivity contribution in [3.05, 3.63) is 41.5 Å². The number of aromatic nitrogens is 1. The van der Waals surface area contributed by atoms with Crippen molar-refractivity contribution in [3.63, 3.8) is 0 Å². The number of benzene rings is 1. The lowest BCUT2D eigenvalue weighted by atomic mass is 10.2. The molecule has 0 aliphatic heterocycles. The van der Waals surface area contributed by atoms with Gasteiger partial charge in [-0.05, 0) is 25.1 Å². The minimum Gasteiger partial charge on any atom is -0.465 e. The summed E-state index contributed by atoms with van der Waals surface area (Å²) in [6.45, 7) is 1.60. The van der Waals surface area contributed by atoms with Gasteiger partial charge in [0.2, 0.25) is 0 Å². The van der Waals surface area contributed by atoms with E-state index in [0.717, 1.165) is 19.2 Å². The molecule has 9 heteroatoms. The zero-order valence-electron chi connectivity index (χ0n) is 11.1. The van der Waals surface area contributed by atoms with Crippen LogP contribution in [0.25, 0.3) is 0 Å². The summed E-state index contributed by atoms with van der Waals surface area (Å²) in [5.74, 6) is -1.72. The molecular formula is C12H11FN2O5S. The molecule has 2 rings (SSSR count). The maximum atomic E-state index is 13.3. The topological polar surface area (TPSA) is 98.5 Å². The number of hydrogen-bond donors (Lipinski definition) is 1. The molecule has 0 radical (unpaired) electrons. The van der Waals surface area contributed by atoms with Crippen LogP contribution in [0.5, 0.6) is 0 Å². The first-order chi connectivity index (χ1) is 9.83. The monoisotopic (exact) mass is 314 g/mol. The maximum absolute atomic E-state index is 13.3. The van der Waals surface area contributed by atoms with Gasteiger partial charge in [-0.2, -0.15) is 4.98 Å². The number of sulfonamides is 1. The van der Waals surface area contributed by atoms with Crippen molar-refractivity contribution in [3.8, 4) is 0 Å². The fourth-order valence-corrected chi connectivity index (χ4v) is 2.71. The number of esters is 1. The molecule has 0 saturated carbocycles. The molecule has 0 bridgehead atoms. The first-order valence-electron chi connectivity index (χ1n) is 5.66. The Kier molecular flexibility index (Phi) is 3.94. The lowest BCUT2D eigenvalue weighted by Gasteiger charge is -2.09. The zero-order valence-corrected chi connectivity index (χ0v) is 11.9. The maximum Gasteiger partial charge on any atom is 0.339 e. The van der Waals surface area contributed by atoms with E-state index in [4.69, 9.17) is 4.42 Å². The molecule has 112 valence electrons. The summed E-state index contributed by atoms with van der Waals surface area (Å²) >= 11 is 0. The van der Waals surface area contributed by atoms with Crippen LogP contribution in [0, 0.1) is 12.7 Å². The van der Waals surface area contributed by atoms with Crippen molar-refractivity contribution in [2.75, 3.05) is 11.8 Å². The fraction of sp³-hybridized carbons (Fsp3) is 0.167. The second-order valence-corrected chi connectivity index (χ2v) is 5.68. The van der Waals surface area contributed by atoms with E-state index in [9.17, 15) is 17.6 Å². The molecule has 1 N–H and O–H groups in total. The Morgan fingerprint density at radius 3 is 2.71 bits per heavy atom. The van der Waals surface area contributed by atoms with Crippen molar-refractivity contribution >= 4 is 22.0 Å². The second-order valence-electron chi connectivity index (χ2n) is 4.03. The van der Waals surface area contributed by atoms with Crippen molar-refractivity contribution in [1.82, 2.24) is 4.98 Å². The Bertz CT molecular complexity index is 785. The van der Waals surface area contributed by atoms with Crippen LogP contribution in [0.3, 0.4) is 0 Å². The van der Waals surface area contributed by atoms with Gasteiger partial charge in [-0.15, -0.1) is 0 Å². The molecule has 0 unspecified atom stereocenters. The molecule has 2 aromatic rings. The summed E-state index contributed by atoms with van der Waals surface area (Å²) in [6.07, 6.45) is 1.24. The first kappa shape index (κ1) is 15.0. The third-order valence-electron chi connectivity index (χ3n) is 2.48. The molecule has 0 aliphatic carbocycles. The SMILES string of the molecule is COC(=O)c1ccc(F)cc1S(=O)(=O)Nc1nc(C)co1. The number of carbonyl (C=O) groups is 1. The Hall–Kier alpha value is -2.42. The number of hydrogen-bond acceptors (Lipinski definition) is 6. The summed E-state index contributed by atoms with van der Waals surface area (Å²) in [4.78, 5) is 14.8. The van der Waals surface area contributed by atoms with Crippen LogP contribution in [0.1, 0.15) is 16.1 Å². The van der Waals surface area contributed by atoms with Gasteiger partial charge in [0, 0.05) is 0 Å². The second kappa shape index (κ2) is 5.52. The van der Waals surface area contributed by atoms with E-state index < -0.39 is 26.7 Å². The average molecular weight is 314 g/mol. The highest BCUT2D eigenvalue weighted by molar-refractivity contribution is 7.92. The molecule has 0 spiro atoms. The highest BCUT2D eigenvalue weighted by Crippen LogP contribution is 2.21. The Morgan fingerprint density at radius 2 is 2.14 bits per heavy atom. The van der Waals surface area contributed by atoms with Crippen LogP contribution < -0.4 is 4.72 Å². The van der Waals surface area contributed by atoms with Gasteiger partial charge in [-0.3, -0.25) is 0 Å².